The molecule has 0 unspecified atom stereocenters. The van der Waals surface area contributed by atoms with Crippen molar-refractivity contribution >= 4 is 5.97 Å². The molecule has 7 atom stereocenters. The van der Waals surface area contributed by atoms with E-state index in [1.54, 1.807) is 0 Å². The van der Waals surface area contributed by atoms with E-state index in [0.29, 0.717) is 12.8 Å². The minimum Gasteiger partial charge on any atom is -0.461 e. The predicted octanol–water partition coefficient (Wildman–Crippen LogP) is 1.04. The molecule has 4 heteroatoms. The van der Waals surface area contributed by atoms with Gasteiger partial charge in [-0.2, -0.15) is 0 Å². The maximum Gasteiger partial charge on any atom is 0.309 e. The van der Waals surface area contributed by atoms with E-state index in [2.05, 4.69) is 13.2 Å². The van der Waals surface area contributed by atoms with Crippen molar-refractivity contribution in [2.45, 2.75) is 38.1 Å². The summed E-state index contributed by atoms with van der Waals surface area (Å²) in [5, 5.41) is 20.3. The van der Waals surface area contributed by atoms with Crippen LogP contribution in [0.2, 0.25) is 0 Å². The van der Waals surface area contributed by atoms with Gasteiger partial charge in [0.05, 0.1) is 18.1 Å². The van der Waals surface area contributed by atoms with E-state index in [9.17, 15) is 15.0 Å². The van der Waals surface area contributed by atoms with Crippen molar-refractivity contribution < 1.29 is 19.7 Å². The molecule has 0 aromatic rings. The zero-order valence-corrected chi connectivity index (χ0v) is 11.1. The molecule has 0 aromatic carbocycles. The molecule has 1 saturated heterocycles. The number of ether oxygens (including phenoxy) is 1. The SMILES string of the molecule is C=C1[C@@H]2[C@H]3OC(=O)[C@@H](C)[C@@H]3C[C@@H](O)C(=C)[C@@H]2C[C@H]1O. The first-order chi connectivity index (χ1) is 8.91. The molecule has 0 spiro atoms. The van der Waals surface area contributed by atoms with Gasteiger partial charge in [0.1, 0.15) is 6.10 Å². The number of carbonyl (C=O) groups excluding carboxylic acids is 1. The Morgan fingerprint density at radius 3 is 2.47 bits per heavy atom. The van der Waals surface area contributed by atoms with Crippen molar-refractivity contribution in [3.8, 4) is 0 Å². The summed E-state index contributed by atoms with van der Waals surface area (Å²) in [6.07, 6.45) is -0.461. The fraction of sp³-hybridized carbons (Fsp3) is 0.667. The van der Waals surface area contributed by atoms with E-state index in [0.717, 1.165) is 11.1 Å². The van der Waals surface area contributed by atoms with Crippen molar-refractivity contribution in [2.75, 3.05) is 0 Å². The van der Waals surface area contributed by atoms with Crippen LogP contribution >= 0.6 is 0 Å². The fourth-order valence-electron chi connectivity index (χ4n) is 3.96. The normalized spacial score (nSPS) is 49.6. The highest BCUT2D eigenvalue weighted by molar-refractivity contribution is 5.75. The Morgan fingerprint density at radius 1 is 1.16 bits per heavy atom. The molecule has 4 nitrogen and oxygen atoms in total. The van der Waals surface area contributed by atoms with E-state index in [1.807, 2.05) is 6.92 Å². The maximum absolute atomic E-state index is 11.8. The average Bonchev–Trinajstić information content (AvgIpc) is 2.77. The van der Waals surface area contributed by atoms with Crippen LogP contribution in [0.1, 0.15) is 19.8 Å². The Morgan fingerprint density at radius 2 is 1.79 bits per heavy atom. The lowest BCUT2D eigenvalue weighted by molar-refractivity contribution is -0.145. The molecule has 3 aliphatic rings. The molecule has 2 N–H and O–H groups in total. The van der Waals surface area contributed by atoms with Crippen LogP contribution in [0, 0.1) is 23.7 Å². The molecular formula is C15H20O4. The van der Waals surface area contributed by atoms with Crippen LogP contribution in [-0.2, 0) is 9.53 Å². The standard InChI is InChI=1S/C15H20O4/c1-6-9-4-12(17)8(3)13(9)14-10(5-11(6)16)7(2)15(18)19-14/h7,9-14,16-17H,1,3-5H2,2H3/t7-,9-,10-,11+,12+,13-,14-/m0/s1. The number of hydrogen-bond acceptors (Lipinski definition) is 4. The smallest absolute Gasteiger partial charge is 0.309 e. The minimum absolute atomic E-state index is 0.0173. The van der Waals surface area contributed by atoms with Crippen LogP contribution < -0.4 is 0 Å². The highest BCUT2D eigenvalue weighted by Crippen LogP contribution is 2.52. The van der Waals surface area contributed by atoms with Crippen LogP contribution in [0.15, 0.2) is 24.3 Å². The molecule has 1 heterocycles. The number of fused-ring (bicyclic) bond motifs is 3. The zero-order valence-electron chi connectivity index (χ0n) is 11.1. The minimum atomic E-state index is -0.627. The molecule has 3 rings (SSSR count). The number of aliphatic hydroxyl groups excluding tert-OH is 2. The summed E-state index contributed by atoms with van der Waals surface area (Å²) in [4.78, 5) is 11.8. The Balaban J connectivity index is 2.02. The summed E-state index contributed by atoms with van der Waals surface area (Å²) in [6.45, 7) is 9.81. The number of hydrogen-bond donors (Lipinski definition) is 2. The molecule has 104 valence electrons. The quantitative estimate of drug-likeness (QED) is 0.507. The molecule has 1 aliphatic heterocycles. The van der Waals surface area contributed by atoms with Crippen molar-refractivity contribution in [1.29, 1.82) is 0 Å². The highest BCUT2D eigenvalue weighted by Gasteiger charge is 2.55. The van der Waals surface area contributed by atoms with Gasteiger partial charge in [0, 0.05) is 11.8 Å². The predicted molar refractivity (Wildman–Crippen MR) is 69.0 cm³/mol. The van der Waals surface area contributed by atoms with Crippen LogP contribution in [0.25, 0.3) is 0 Å². The average molecular weight is 264 g/mol. The van der Waals surface area contributed by atoms with Crippen molar-refractivity contribution in [1.82, 2.24) is 0 Å². The maximum atomic E-state index is 11.8. The Kier molecular flexibility index (Phi) is 2.84. The van der Waals surface area contributed by atoms with Gasteiger partial charge >= 0.3 is 5.97 Å². The second-order valence-electron chi connectivity index (χ2n) is 6.14. The lowest BCUT2D eigenvalue weighted by Gasteiger charge is -2.26. The van der Waals surface area contributed by atoms with Crippen LogP contribution in [0.3, 0.4) is 0 Å². The lowest BCUT2D eigenvalue weighted by Crippen LogP contribution is -2.30. The lowest BCUT2D eigenvalue weighted by atomic mass is 9.80. The Hall–Kier alpha value is -1.13. The van der Waals surface area contributed by atoms with Gasteiger partial charge in [0.25, 0.3) is 0 Å². The van der Waals surface area contributed by atoms with Crippen molar-refractivity contribution in [2.24, 2.45) is 23.7 Å². The van der Waals surface area contributed by atoms with Gasteiger partial charge in [-0.1, -0.05) is 20.1 Å². The van der Waals surface area contributed by atoms with Gasteiger partial charge in [-0.25, -0.2) is 0 Å². The van der Waals surface area contributed by atoms with Gasteiger partial charge in [0.2, 0.25) is 0 Å². The van der Waals surface area contributed by atoms with E-state index >= 15 is 0 Å². The van der Waals surface area contributed by atoms with E-state index in [1.165, 1.54) is 0 Å². The summed E-state index contributed by atoms with van der Waals surface area (Å²) in [7, 11) is 0. The Labute approximate surface area is 112 Å². The third kappa shape index (κ3) is 1.70. The van der Waals surface area contributed by atoms with Crippen LogP contribution in [-0.4, -0.2) is 34.5 Å². The molecule has 0 bridgehead atoms. The summed E-state index contributed by atoms with van der Waals surface area (Å²) in [6, 6.07) is 0. The van der Waals surface area contributed by atoms with Gasteiger partial charge < -0.3 is 14.9 Å². The van der Waals surface area contributed by atoms with Gasteiger partial charge in [-0.15, -0.1) is 0 Å². The van der Waals surface area contributed by atoms with Crippen LogP contribution in [0.5, 0.6) is 0 Å². The summed E-state index contributed by atoms with van der Waals surface area (Å²) >= 11 is 0. The zero-order chi connectivity index (χ0) is 13.9. The highest BCUT2D eigenvalue weighted by atomic mass is 16.6. The second-order valence-corrected chi connectivity index (χ2v) is 6.14. The summed E-state index contributed by atoms with van der Waals surface area (Å²) in [5.74, 6) is -0.570. The van der Waals surface area contributed by atoms with Gasteiger partial charge in [0.15, 0.2) is 0 Å². The molecule has 0 radical (unpaired) electrons. The molecule has 2 saturated carbocycles. The topological polar surface area (TPSA) is 66.8 Å². The van der Waals surface area contributed by atoms with Crippen molar-refractivity contribution in [3.05, 3.63) is 24.3 Å². The summed E-state index contributed by atoms with van der Waals surface area (Å²) < 4.78 is 5.52. The number of esters is 1. The second kappa shape index (κ2) is 4.18. The molecular weight excluding hydrogens is 244 g/mol. The first-order valence-corrected chi connectivity index (χ1v) is 6.85. The molecule has 19 heavy (non-hydrogen) atoms. The summed E-state index contributed by atoms with van der Waals surface area (Å²) in [5.41, 5.74) is 1.47. The van der Waals surface area contributed by atoms with Crippen LogP contribution in [0.4, 0.5) is 0 Å². The number of aliphatic hydroxyl groups is 2. The first kappa shape index (κ1) is 12.9. The largest absolute Gasteiger partial charge is 0.461 e. The first-order valence-electron chi connectivity index (χ1n) is 6.85. The number of carbonyl (C=O) groups is 1. The molecule has 0 aromatic heterocycles. The van der Waals surface area contributed by atoms with Crippen molar-refractivity contribution in [3.63, 3.8) is 0 Å². The molecule has 0 amide bonds. The van der Waals surface area contributed by atoms with E-state index < -0.39 is 12.2 Å². The van der Waals surface area contributed by atoms with E-state index in [-0.39, 0.29) is 35.7 Å². The fourth-order valence-corrected chi connectivity index (χ4v) is 3.96. The Bertz CT molecular complexity index is 455. The third-order valence-corrected chi connectivity index (χ3v) is 5.21. The van der Waals surface area contributed by atoms with E-state index in [4.69, 9.17) is 4.74 Å². The van der Waals surface area contributed by atoms with Gasteiger partial charge in [-0.05, 0) is 29.9 Å². The molecule has 3 fully saturated rings. The third-order valence-electron chi connectivity index (χ3n) is 5.21. The monoisotopic (exact) mass is 264 g/mol. The van der Waals surface area contributed by atoms with Gasteiger partial charge in [-0.3, -0.25) is 4.79 Å². The number of rotatable bonds is 0. The molecule has 2 aliphatic carbocycles.